The first-order chi connectivity index (χ1) is 16.9. The Hall–Kier alpha value is -4.46. The molecule has 0 saturated carbocycles. The second kappa shape index (κ2) is 7.53. The van der Waals surface area contributed by atoms with Gasteiger partial charge in [0.1, 0.15) is 5.82 Å². The van der Waals surface area contributed by atoms with Crippen molar-refractivity contribution in [2.75, 3.05) is 16.8 Å². The molecule has 1 saturated heterocycles. The number of urea groups is 1. The minimum Gasteiger partial charge on any atom is -0.356 e. The highest BCUT2D eigenvalue weighted by atomic mass is 19.1. The van der Waals surface area contributed by atoms with E-state index in [0.29, 0.717) is 29.9 Å². The van der Waals surface area contributed by atoms with Crippen molar-refractivity contribution in [3.63, 3.8) is 0 Å². The number of nitrogens with one attached hydrogen (secondary N) is 2. The number of hydrogen-bond acceptors (Lipinski definition) is 3. The molecule has 6 rings (SSSR count). The van der Waals surface area contributed by atoms with Crippen molar-refractivity contribution in [3.8, 4) is 0 Å². The predicted octanol–water partition coefficient (Wildman–Crippen LogP) is 4.80. The highest BCUT2D eigenvalue weighted by Crippen LogP contribution is 2.45. The van der Waals surface area contributed by atoms with Crippen molar-refractivity contribution < 1.29 is 18.8 Å². The largest absolute Gasteiger partial charge is 0.356 e. The quantitative estimate of drug-likeness (QED) is 0.424. The van der Waals surface area contributed by atoms with Gasteiger partial charge in [-0.3, -0.25) is 9.59 Å². The van der Waals surface area contributed by atoms with Gasteiger partial charge in [0, 0.05) is 28.7 Å². The number of imide groups is 1. The van der Waals surface area contributed by atoms with Gasteiger partial charge < -0.3 is 15.2 Å². The Labute approximate surface area is 200 Å². The van der Waals surface area contributed by atoms with Crippen LogP contribution in [-0.4, -0.2) is 34.3 Å². The Morgan fingerprint density at radius 1 is 1.03 bits per heavy atom. The minimum absolute atomic E-state index is 0.318. The molecule has 8 heteroatoms. The van der Waals surface area contributed by atoms with Gasteiger partial charge in [-0.05, 0) is 67.4 Å². The molecular weight excluding hydrogens is 447 g/mol. The molecule has 1 aromatic heterocycles. The fraction of sp³-hybridized carbons (Fsp3) is 0.148. The van der Waals surface area contributed by atoms with Gasteiger partial charge in [-0.15, -0.1) is 0 Å². The number of nitrogens with zero attached hydrogens (tertiary/aromatic N) is 2. The number of aromatic nitrogens is 1. The number of carbonyl (C=O) groups excluding carboxylic acids is 3. The molecule has 174 valence electrons. The molecule has 2 N–H and O–H groups in total. The molecule has 2 aliphatic rings. The van der Waals surface area contributed by atoms with Crippen LogP contribution in [0.25, 0.3) is 10.9 Å². The van der Waals surface area contributed by atoms with Crippen LogP contribution >= 0.6 is 0 Å². The number of halogens is 1. The number of aromatic amines is 1. The Morgan fingerprint density at radius 3 is 2.57 bits per heavy atom. The van der Waals surface area contributed by atoms with Crippen molar-refractivity contribution in [1.82, 2.24) is 9.88 Å². The number of carbonyl (C=O) groups is 3. The van der Waals surface area contributed by atoms with E-state index in [-0.39, 0.29) is 5.91 Å². The molecule has 1 atom stereocenters. The summed E-state index contributed by atoms with van der Waals surface area (Å²) in [5, 5.41) is 3.70. The molecule has 0 aliphatic carbocycles. The summed E-state index contributed by atoms with van der Waals surface area (Å²) in [6.45, 7) is 2.21. The first kappa shape index (κ1) is 21.1. The van der Waals surface area contributed by atoms with Crippen LogP contribution in [0.3, 0.4) is 0 Å². The molecular formula is C27H21FN4O3. The molecule has 0 bridgehead atoms. The molecule has 1 fully saturated rings. The Balaban J connectivity index is 1.31. The Kier molecular flexibility index (Phi) is 4.54. The van der Waals surface area contributed by atoms with Crippen LogP contribution in [0.2, 0.25) is 0 Å². The zero-order valence-electron chi connectivity index (χ0n) is 18.8. The first-order valence-corrected chi connectivity index (χ1v) is 11.3. The molecule has 35 heavy (non-hydrogen) atoms. The SMILES string of the molecule is CC12C(=O)N(c3ccc(C(=O)Nc4cccc(F)c4)cc3)C(=O)N1CCc1c2[nH]c2ccccc12. The van der Waals surface area contributed by atoms with Crippen LogP contribution < -0.4 is 10.2 Å². The molecule has 4 amide bonds. The highest BCUT2D eigenvalue weighted by Gasteiger charge is 2.59. The third-order valence-corrected chi connectivity index (χ3v) is 6.94. The Morgan fingerprint density at radius 2 is 1.80 bits per heavy atom. The summed E-state index contributed by atoms with van der Waals surface area (Å²) in [6, 6.07) is 19.3. The van der Waals surface area contributed by atoms with Crippen LogP contribution in [0.4, 0.5) is 20.6 Å². The van der Waals surface area contributed by atoms with Gasteiger partial charge in [0.2, 0.25) is 0 Å². The topological polar surface area (TPSA) is 85.5 Å². The fourth-order valence-corrected chi connectivity index (χ4v) is 5.15. The molecule has 1 unspecified atom stereocenters. The van der Waals surface area contributed by atoms with E-state index in [2.05, 4.69) is 10.3 Å². The predicted molar refractivity (Wildman–Crippen MR) is 130 cm³/mol. The monoisotopic (exact) mass is 468 g/mol. The second-order valence-electron chi connectivity index (χ2n) is 8.93. The van der Waals surface area contributed by atoms with E-state index in [1.165, 1.54) is 23.1 Å². The van der Waals surface area contributed by atoms with E-state index < -0.39 is 23.3 Å². The fourth-order valence-electron chi connectivity index (χ4n) is 5.15. The zero-order chi connectivity index (χ0) is 24.3. The number of benzene rings is 3. The van der Waals surface area contributed by atoms with Gasteiger partial charge in [0.15, 0.2) is 5.54 Å². The molecule has 2 aliphatic heterocycles. The van der Waals surface area contributed by atoms with E-state index in [0.717, 1.165) is 22.2 Å². The van der Waals surface area contributed by atoms with Gasteiger partial charge in [-0.2, -0.15) is 0 Å². The number of para-hydroxylation sites is 1. The van der Waals surface area contributed by atoms with Crippen LogP contribution in [0.1, 0.15) is 28.5 Å². The Bertz CT molecular complexity index is 1530. The maximum Gasteiger partial charge on any atom is 0.332 e. The van der Waals surface area contributed by atoms with Crippen LogP contribution in [0, 0.1) is 5.82 Å². The maximum absolute atomic E-state index is 13.7. The molecule has 3 heterocycles. The molecule has 0 radical (unpaired) electrons. The molecule has 4 aromatic rings. The van der Waals surface area contributed by atoms with Crippen molar-refractivity contribution in [2.45, 2.75) is 18.9 Å². The smallest absolute Gasteiger partial charge is 0.332 e. The van der Waals surface area contributed by atoms with E-state index in [1.807, 2.05) is 24.3 Å². The summed E-state index contributed by atoms with van der Waals surface area (Å²) in [5.41, 5.74) is 2.64. The van der Waals surface area contributed by atoms with Gasteiger partial charge in [0.05, 0.1) is 11.4 Å². The lowest BCUT2D eigenvalue weighted by atomic mass is 9.87. The van der Waals surface area contributed by atoms with Crippen molar-refractivity contribution >= 4 is 40.1 Å². The normalized spacial score (nSPS) is 19.1. The molecule has 7 nitrogen and oxygen atoms in total. The van der Waals surface area contributed by atoms with E-state index in [9.17, 15) is 18.8 Å². The van der Waals surface area contributed by atoms with E-state index in [4.69, 9.17) is 0 Å². The number of H-pyrrole nitrogens is 1. The van der Waals surface area contributed by atoms with Crippen molar-refractivity contribution in [2.24, 2.45) is 0 Å². The third kappa shape index (κ3) is 3.06. The number of anilines is 2. The number of hydrogen-bond donors (Lipinski definition) is 2. The lowest BCUT2D eigenvalue weighted by Gasteiger charge is -2.35. The lowest BCUT2D eigenvalue weighted by molar-refractivity contribution is -0.125. The first-order valence-electron chi connectivity index (χ1n) is 11.3. The molecule has 3 aromatic carbocycles. The zero-order valence-corrected chi connectivity index (χ0v) is 18.8. The van der Waals surface area contributed by atoms with Gasteiger partial charge >= 0.3 is 6.03 Å². The lowest BCUT2D eigenvalue weighted by Crippen LogP contribution is -2.49. The summed E-state index contributed by atoms with van der Waals surface area (Å²) in [5.74, 6) is -1.22. The average Bonchev–Trinajstić information content (AvgIpc) is 3.33. The van der Waals surface area contributed by atoms with Crippen molar-refractivity contribution in [1.29, 1.82) is 0 Å². The standard InChI is InChI=1S/C27H21FN4O3/c1-27-23-21(20-7-2-3-8-22(20)30-23)13-14-31(27)26(35)32(25(27)34)19-11-9-16(10-12-19)24(33)29-18-6-4-5-17(28)15-18/h2-12,15,30H,13-14H2,1H3,(H,29,33). The van der Waals surface area contributed by atoms with Crippen molar-refractivity contribution in [3.05, 3.63) is 95.4 Å². The van der Waals surface area contributed by atoms with Gasteiger partial charge in [-0.25, -0.2) is 14.1 Å². The second-order valence-corrected chi connectivity index (χ2v) is 8.93. The maximum atomic E-state index is 13.7. The van der Waals surface area contributed by atoms with E-state index in [1.54, 1.807) is 42.2 Å². The van der Waals surface area contributed by atoms with Crippen LogP contribution in [-0.2, 0) is 16.8 Å². The summed E-state index contributed by atoms with van der Waals surface area (Å²) in [4.78, 5) is 45.8. The number of fused-ring (bicyclic) bond motifs is 5. The summed E-state index contributed by atoms with van der Waals surface area (Å²) in [6.07, 6.45) is 0.654. The van der Waals surface area contributed by atoms with Gasteiger partial charge in [-0.1, -0.05) is 24.3 Å². The number of rotatable bonds is 3. The summed E-state index contributed by atoms with van der Waals surface area (Å²) >= 11 is 0. The van der Waals surface area contributed by atoms with Crippen LogP contribution in [0.5, 0.6) is 0 Å². The summed E-state index contributed by atoms with van der Waals surface area (Å²) in [7, 11) is 0. The number of amides is 4. The van der Waals surface area contributed by atoms with Gasteiger partial charge in [0.25, 0.3) is 11.8 Å². The minimum atomic E-state index is -1.14. The average molecular weight is 468 g/mol. The molecule has 0 spiro atoms. The summed E-state index contributed by atoms with van der Waals surface area (Å²) < 4.78 is 13.4. The van der Waals surface area contributed by atoms with Crippen LogP contribution in [0.15, 0.2) is 72.8 Å². The van der Waals surface area contributed by atoms with E-state index >= 15 is 0 Å². The highest BCUT2D eigenvalue weighted by molar-refractivity contribution is 6.23. The third-order valence-electron chi connectivity index (χ3n) is 6.94.